The molecule has 4 heteroatoms. The lowest BCUT2D eigenvalue weighted by Gasteiger charge is -2.37. The predicted octanol–water partition coefficient (Wildman–Crippen LogP) is 1.86. The predicted molar refractivity (Wildman–Crippen MR) is 72.2 cm³/mol. The highest BCUT2D eigenvalue weighted by molar-refractivity contribution is 5.97. The van der Waals surface area contributed by atoms with E-state index in [4.69, 9.17) is 0 Å². The van der Waals surface area contributed by atoms with Crippen LogP contribution in [0.5, 0.6) is 0 Å². The first-order chi connectivity index (χ1) is 8.95. The van der Waals surface area contributed by atoms with Gasteiger partial charge >= 0.3 is 0 Å². The van der Waals surface area contributed by atoms with E-state index in [-0.39, 0.29) is 23.8 Å². The number of carbonyl (C=O) groups excluding carboxylic acids is 2. The lowest BCUT2D eigenvalue weighted by Crippen LogP contribution is -2.39. The van der Waals surface area contributed by atoms with Crippen LogP contribution in [0.25, 0.3) is 0 Å². The molecule has 4 nitrogen and oxygen atoms in total. The summed E-state index contributed by atoms with van der Waals surface area (Å²) in [7, 11) is 0. The van der Waals surface area contributed by atoms with E-state index in [2.05, 4.69) is 19.2 Å². The molecule has 19 heavy (non-hydrogen) atoms. The van der Waals surface area contributed by atoms with Gasteiger partial charge in [0.05, 0.1) is 6.10 Å². The molecule has 0 aromatic rings. The number of imide groups is 1. The summed E-state index contributed by atoms with van der Waals surface area (Å²) in [5.41, 5.74) is 0. The molecule has 0 bridgehead atoms. The summed E-state index contributed by atoms with van der Waals surface area (Å²) in [6.45, 7) is 4.36. The van der Waals surface area contributed by atoms with Gasteiger partial charge in [-0.3, -0.25) is 14.9 Å². The lowest BCUT2D eigenvalue weighted by molar-refractivity contribution is -0.135. The number of hydrogen-bond acceptors (Lipinski definition) is 3. The summed E-state index contributed by atoms with van der Waals surface area (Å²) in [5, 5.41) is 12.6. The lowest BCUT2D eigenvalue weighted by atomic mass is 9.72. The Labute approximate surface area is 115 Å². The maximum atomic E-state index is 11.3. The van der Waals surface area contributed by atoms with Crippen LogP contribution in [0.4, 0.5) is 0 Å². The van der Waals surface area contributed by atoms with Crippen LogP contribution in [0.2, 0.25) is 0 Å². The molecule has 1 saturated carbocycles. The minimum Gasteiger partial charge on any atom is -0.393 e. The van der Waals surface area contributed by atoms with E-state index < -0.39 is 0 Å². The SMILES string of the molecule is CC1CC(C)C(O)C(CCC2CC(=O)NC(=O)C2)C1. The standard InChI is InChI=1S/C15H25NO3/c1-9-5-10(2)15(19)12(6-9)4-3-11-7-13(17)16-14(18)8-11/h9-12,15,19H,3-8H2,1-2H3,(H,16,17,18). The number of rotatable bonds is 3. The van der Waals surface area contributed by atoms with Crippen LogP contribution in [0.1, 0.15) is 52.4 Å². The van der Waals surface area contributed by atoms with Gasteiger partial charge in [0, 0.05) is 12.8 Å². The molecule has 2 aliphatic rings. The van der Waals surface area contributed by atoms with Gasteiger partial charge in [-0.05, 0) is 49.4 Å². The molecule has 1 heterocycles. The zero-order valence-electron chi connectivity index (χ0n) is 11.9. The summed E-state index contributed by atoms with van der Waals surface area (Å²) in [6, 6.07) is 0. The molecule has 2 amide bonds. The first kappa shape index (κ1) is 14.5. The summed E-state index contributed by atoms with van der Waals surface area (Å²) < 4.78 is 0. The molecule has 0 spiro atoms. The third-order valence-electron chi connectivity index (χ3n) is 4.72. The van der Waals surface area contributed by atoms with Crippen molar-refractivity contribution >= 4 is 11.8 Å². The van der Waals surface area contributed by atoms with Gasteiger partial charge in [0.15, 0.2) is 0 Å². The first-order valence-electron chi connectivity index (χ1n) is 7.46. The van der Waals surface area contributed by atoms with E-state index in [9.17, 15) is 14.7 Å². The Kier molecular flexibility index (Phi) is 4.61. The van der Waals surface area contributed by atoms with Crippen LogP contribution in [-0.2, 0) is 9.59 Å². The minimum absolute atomic E-state index is 0.146. The maximum Gasteiger partial charge on any atom is 0.226 e. The van der Waals surface area contributed by atoms with Gasteiger partial charge < -0.3 is 5.11 Å². The first-order valence-corrected chi connectivity index (χ1v) is 7.46. The molecule has 1 aliphatic carbocycles. The third kappa shape index (κ3) is 3.78. The van der Waals surface area contributed by atoms with Crippen molar-refractivity contribution in [2.75, 3.05) is 0 Å². The second-order valence-corrected chi connectivity index (χ2v) is 6.63. The normalized spacial score (nSPS) is 37.2. The summed E-state index contributed by atoms with van der Waals surface area (Å²) in [5.74, 6) is 1.24. The van der Waals surface area contributed by atoms with Gasteiger partial charge in [-0.25, -0.2) is 0 Å². The summed E-state index contributed by atoms with van der Waals surface area (Å²) >= 11 is 0. The van der Waals surface area contributed by atoms with Gasteiger partial charge in [-0.2, -0.15) is 0 Å². The zero-order chi connectivity index (χ0) is 14.0. The van der Waals surface area contributed by atoms with E-state index in [1.54, 1.807) is 0 Å². The number of carbonyl (C=O) groups is 2. The van der Waals surface area contributed by atoms with Crippen LogP contribution in [-0.4, -0.2) is 23.0 Å². The zero-order valence-corrected chi connectivity index (χ0v) is 11.9. The van der Waals surface area contributed by atoms with Crippen molar-refractivity contribution in [3.05, 3.63) is 0 Å². The minimum atomic E-state index is -0.218. The number of piperidine rings is 1. The molecular weight excluding hydrogens is 242 g/mol. The Hall–Kier alpha value is -0.900. The monoisotopic (exact) mass is 267 g/mol. The fraction of sp³-hybridized carbons (Fsp3) is 0.867. The molecule has 0 aromatic heterocycles. The second kappa shape index (κ2) is 6.04. The highest BCUT2D eigenvalue weighted by Gasteiger charge is 2.33. The Morgan fingerprint density at radius 2 is 1.74 bits per heavy atom. The van der Waals surface area contributed by atoms with Gasteiger partial charge in [0.1, 0.15) is 0 Å². The van der Waals surface area contributed by atoms with Gasteiger partial charge in [0.25, 0.3) is 0 Å². The number of nitrogens with one attached hydrogen (secondary N) is 1. The highest BCUT2D eigenvalue weighted by Crippen LogP contribution is 2.37. The van der Waals surface area contributed by atoms with Crippen molar-refractivity contribution in [1.82, 2.24) is 5.32 Å². The van der Waals surface area contributed by atoms with Crippen molar-refractivity contribution in [3.63, 3.8) is 0 Å². The molecule has 2 N–H and O–H groups in total. The fourth-order valence-corrected chi connectivity index (χ4v) is 3.79. The number of aliphatic hydroxyl groups is 1. The fourth-order valence-electron chi connectivity index (χ4n) is 3.79. The summed E-state index contributed by atoms with van der Waals surface area (Å²) in [4.78, 5) is 22.6. The molecular formula is C15H25NO3. The van der Waals surface area contributed by atoms with Crippen molar-refractivity contribution < 1.29 is 14.7 Å². The van der Waals surface area contributed by atoms with Crippen molar-refractivity contribution in [2.45, 2.75) is 58.5 Å². The van der Waals surface area contributed by atoms with Crippen LogP contribution in [0.15, 0.2) is 0 Å². The number of hydrogen-bond donors (Lipinski definition) is 2. The average Bonchev–Trinajstić information content (AvgIpc) is 2.30. The Morgan fingerprint density at radius 1 is 1.11 bits per heavy atom. The molecule has 1 saturated heterocycles. The van der Waals surface area contributed by atoms with Gasteiger partial charge in [0.2, 0.25) is 11.8 Å². The van der Waals surface area contributed by atoms with Crippen molar-refractivity contribution in [3.8, 4) is 0 Å². The molecule has 2 rings (SSSR count). The molecule has 0 aromatic carbocycles. The molecule has 1 aliphatic heterocycles. The Balaban J connectivity index is 1.84. The molecule has 0 radical (unpaired) electrons. The van der Waals surface area contributed by atoms with Gasteiger partial charge in [-0.15, -0.1) is 0 Å². The van der Waals surface area contributed by atoms with Crippen LogP contribution < -0.4 is 5.32 Å². The van der Waals surface area contributed by atoms with E-state index in [1.807, 2.05) is 0 Å². The Bertz CT molecular complexity index is 339. The molecule has 108 valence electrons. The quantitative estimate of drug-likeness (QED) is 0.767. The average molecular weight is 267 g/mol. The largest absolute Gasteiger partial charge is 0.393 e. The van der Waals surface area contributed by atoms with Crippen molar-refractivity contribution in [2.24, 2.45) is 23.7 Å². The second-order valence-electron chi connectivity index (χ2n) is 6.63. The van der Waals surface area contributed by atoms with Gasteiger partial charge in [-0.1, -0.05) is 13.8 Å². The molecule has 2 fully saturated rings. The third-order valence-corrected chi connectivity index (χ3v) is 4.72. The van der Waals surface area contributed by atoms with E-state index in [0.29, 0.717) is 30.6 Å². The van der Waals surface area contributed by atoms with E-state index >= 15 is 0 Å². The van der Waals surface area contributed by atoms with Crippen LogP contribution >= 0.6 is 0 Å². The smallest absolute Gasteiger partial charge is 0.226 e. The van der Waals surface area contributed by atoms with E-state index in [0.717, 1.165) is 25.7 Å². The van der Waals surface area contributed by atoms with Crippen molar-refractivity contribution in [1.29, 1.82) is 0 Å². The van der Waals surface area contributed by atoms with E-state index in [1.165, 1.54) is 0 Å². The Morgan fingerprint density at radius 3 is 2.37 bits per heavy atom. The molecule has 4 unspecified atom stereocenters. The number of aliphatic hydroxyl groups excluding tert-OH is 1. The molecule has 4 atom stereocenters. The maximum absolute atomic E-state index is 11.3. The number of amides is 2. The highest BCUT2D eigenvalue weighted by atomic mass is 16.3. The van der Waals surface area contributed by atoms with Crippen LogP contribution in [0, 0.1) is 23.7 Å². The van der Waals surface area contributed by atoms with Crippen LogP contribution in [0.3, 0.4) is 0 Å². The topological polar surface area (TPSA) is 66.4 Å². The summed E-state index contributed by atoms with van der Waals surface area (Å²) in [6.07, 6.45) is 4.67.